The van der Waals surface area contributed by atoms with Crippen molar-refractivity contribution in [3.05, 3.63) is 56.6 Å². The highest BCUT2D eigenvalue weighted by Gasteiger charge is 2.21. The molecule has 0 radical (unpaired) electrons. The van der Waals surface area contributed by atoms with E-state index in [1.807, 2.05) is 6.92 Å². The summed E-state index contributed by atoms with van der Waals surface area (Å²) in [6.07, 6.45) is 1.09. The van der Waals surface area contributed by atoms with Gasteiger partial charge in [-0.2, -0.15) is 13.5 Å². The number of nitrogens with one attached hydrogen (secondary N) is 1. The number of phenols is 1. The fourth-order valence-corrected chi connectivity index (χ4v) is 4.04. The van der Waals surface area contributed by atoms with Gasteiger partial charge in [-0.1, -0.05) is 17.7 Å². The fraction of sp³-hybridized carbons (Fsp3) is 0.235. The first-order chi connectivity index (χ1) is 12.6. The molecule has 27 heavy (non-hydrogen) atoms. The molecule has 0 spiro atoms. The molecule has 9 nitrogen and oxygen atoms in total. The van der Waals surface area contributed by atoms with E-state index < -0.39 is 26.4 Å². The Morgan fingerprint density at radius 1 is 1.19 bits per heavy atom. The van der Waals surface area contributed by atoms with Gasteiger partial charge in [0.1, 0.15) is 0 Å². The Morgan fingerprint density at radius 3 is 2.30 bits per heavy atom. The summed E-state index contributed by atoms with van der Waals surface area (Å²) in [5, 5.41) is 24.4. The van der Waals surface area contributed by atoms with Crippen LogP contribution in [0.1, 0.15) is 22.3 Å². The number of nitro benzene ring substituents is 1. The maximum Gasteiger partial charge on any atom is 0.315 e. The van der Waals surface area contributed by atoms with Crippen molar-refractivity contribution in [2.24, 2.45) is 5.10 Å². The molecule has 0 aliphatic rings. The summed E-state index contributed by atoms with van der Waals surface area (Å²) in [5.41, 5.74) is 1.70. The van der Waals surface area contributed by atoms with E-state index in [-0.39, 0.29) is 16.2 Å². The molecule has 0 fully saturated rings. The quantitative estimate of drug-likeness (QED) is 0.440. The van der Waals surface area contributed by atoms with Gasteiger partial charge in [-0.15, -0.1) is 0 Å². The predicted molar refractivity (Wildman–Crippen MR) is 99.9 cm³/mol. The SMILES string of the molecule is COc1cc(/C=N/NS(=O)(=O)c2c(C)cc(C)cc2C)cc([N+](=O)[O-])c1O. The van der Waals surface area contributed by atoms with E-state index in [4.69, 9.17) is 4.74 Å². The Balaban J connectivity index is 2.35. The second-order valence-corrected chi connectivity index (χ2v) is 7.53. The van der Waals surface area contributed by atoms with E-state index >= 15 is 0 Å². The molecule has 2 aromatic rings. The van der Waals surface area contributed by atoms with Gasteiger partial charge in [0.05, 0.1) is 23.1 Å². The van der Waals surface area contributed by atoms with Crippen LogP contribution in [0.25, 0.3) is 0 Å². The topological polar surface area (TPSA) is 131 Å². The predicted octanol–water partition coefficient (Wildman–Crippen LogP) is 2.55. The summed E-state index contributed by atoms with van der Waals surface area (Å²) < 4.78 is 29.9. The van der Waals surface area contributed by atoms with Gasteiger partial charge in [0.2, 0.25) is 5.75 Å². The molecule has 0 saturated heterocycles. The van der Waals surface area contributed by atoms with Crippen molar-refractivity contribution in [1.82, 2.24) is 4.83 Å². The molecule has 0 atom stereocenters. The number of sulfonamides is 1. The fourth-order valence-electron chi connectivity index (χ4n) is 2.79. The third kappa shape index (κ3) is 4.34. The van der Waals surface area contributed by atoms with Gasteiger partial charge in [0, 0.05) is 11.6 Å². The lowest BCUT2D eigenvalue weighted by Crippen LogP contribution is -2.20. The number of phenolic OH excluding ortho intramolecular Hbond substituents is 1. The molecule has 0 aromatic heterocycles. The van der Waals surface area contributed by atoms with Crippen LogP contribution in [0.15, 0.2) is 34.3 Å². The minimum atomic E-state index is -3.92. The molecular weight excluding hydrogens is 374 g/mol. The monoisotopic (exact) mass is 393 g/mol. The lowest BCUT2D eigenvalue weighted by molar-refractivity contribution is -0.386. The van der Waals surface area contributed by atoms with Gasteiger partial charge < -0.3 is 9.84 Å². The molecule has 0 unspecified atom stereocenters. The smallest absolute Gasteiger partial charge is 0.315 e. The first-order valence-electron chi connectivity index (χ1n) is 7.75. The van der Waals surface area contributed by atoms with Crippen LogP contribution in [-0.4, -0.2) is 31.8 Å². The van der Waals surface area contributed by atoms with E-state index in [0.29, 0.717) is 11.1 Å². The largest absolute Gasteiger partial charge is 0.500 e. The third-order valence-electron chi connectivity index (χ3n) is 3.75. The zero-order valence-electron chi connectivity index (χ0n) is 15.2. The molecule has 2 aromatic carbocycles. The highest BCUT2D eigenvalue weighted by Crippen LogP contribution is 2.36. The molecular formula is C17H19N3O6S. The average Bonchev–Trinajstić information content (AvgIpc) is 2.54. The summed E-state index contributed by atoms with van der Waals surface area (Å²) in [6, 6.07) is 5.85. The van der Waals surface area contributed by atoms with Crippen molar-refractivity contribution < 1.29 is 23.2 Å². The second-order valence-electron chi connectivity index (χ2n) is 5.93. The molecule has 0 aliphatic heterocycles. The second kappa shape index (κ2) is 7.62. The number of hydrogen-bond acceptors (Lipinski definition) is 7. The minimum absolute atomic E-state index is 0.125. The van der Waals surface area contributed by atoms with Crippen LogP contribution in [0.3, 0.4) is 0 Å². The van der Waals surface area contributed by atoms with Crippen LogP contribution in [0.4, 0.5) is 5.69 Å². The number of ether oxygens (including phenoxy) is 1. The van der Waals surface area contributed by atoms with Crippen LogP contribution >= 0.6 is 0 Å². The van der Waals surface area contributed by atoms with E-state index in [2.05, 4.69) is 9.93 Å². The number of nitrogens with zero attached hydrogens (tertiary/aromatic N) is 2. The third-order valence-corrected chi connectivity index (χ3v) is 5.28. The van der Waals surface area contributed by atoms with Crippen molar-refractivity contribution in [3.63, 3.8) is 0 Å². The Labute approximate surface area is 156 Å². The van der Waals surface area contributed by atoms with E-state index in [0.717, 1.165) is 17.8 Å². The van der Waals surface area contributed by atoms with Gasteiger partial charge in [0.25, 0.3) is 10.0 Å². The van der Waals surface area contributed by atoms with E-state index in [1.54, 1.807) is 26.0 Å². The summed E-state index contributed by atoms with van der Waals surface area (Å²) in [6.45, 7) is 5.24. The first-order valence-corrected chi connectivity index (χ1v) is 9.23. The average molecular weight is 393 g/mol. The number of nitro groups is 1. The lowest BCUT2D eigenvalue weighted by atomic mass is 10.1. The molecule has 0 saturated carbocycles. The summed E-state index contributed by atoms with van der Waals surface area (Å²) in [5.74, 6) is -0.745. The first kappa shape index (κ1) is 20.2. The van der Waals surface area contributed by atoms with Crippen molar-refractivity contribution in [2.45, 2.75) is 25.7 Å². The summed E-state index contributed by atoms with van der Waals surface area (Å²) in [7, 11) is -2.68. The zero-order chi connectivity index (χ0) is 20.4. The lowest BCUT2D eigenvalue weighted by Gasteiger charge is -2.11. The van der Waals surface area contributed by atoms with Crippen molar-refractivity contribution in [2.75, 3.05) is 7.11 Å². The highest BCUT2D eigenvalue weighted by atomic mass is 32.2. The standard InChI is InChI=1S/C17H19N3O6S/c1-10-5-11(2)17(12(3)6-10)27(24,25)19-18-9-13-7-14(20(22)23)16(21)15(8-13)26-4/h5-9,19,21H,1-4H3/b18-9+. The molecule has 0 heterocycles. The van der Waals surface area contributed by atoms with Gasteiger partial charge >= 0.3 is 5.69 Å². The molecule has 0 aliphatic carbocycles. The number of rotatable bonds is 6. The number of hydrazone groups is 1. The summed E-state index contributed by atoms with van der Waals surface area (Å²) >= 11 is 0. The molecule has 2 rings (SSSR count). The van der Waals surface area contributed by atoms with Gasteiger partial charge in [-0.3, -0.25) is 10.1 Å². The van der Waals surface area contributed by atoms with Crippen molar-refractivity contribution >= 4 is 21.9 Å². The molecule has 0 amide bonds. The van der Waals surface area contributed by atoms with E-state index in [1.165, 1.54) is 13.2 Å². The number of methoxy groups -OCH3 is 1. The van der Waals surface area contributed by atoms with Gasteiger partial charge in [0.15, 0.2) is 5.75 Å². The Morgan fingerprint density at radius 2 is 1.78 bits per heavy atom. The van der Waals surface area contributed by atoms with Crippen LogP contribution in [0.2, 0.25) is 0 Å². The Kier molecular flexibility index (Phi) is 5.69. The Hall–Kier alpha value is -3.14. The van der Waals surface area contributed by atoms with Crippen LogP contribution < -0.4 is 9.57 Å². The number of hydrogen-bond donors (Lipinski definition) is 2. The maximum atomic E-state index is 12.5. The summed E-state index contributed by atoms with van der Waals surface area (Å²) in [4.78, 5) is 12.4. The minimum Gasteiger partial charge on any atom is -0.500 e. The number of aryl methyl sites for hydroxylation is 3. The van der Waals surface area contributed by atoms with E-state index in [9.17, 15) is 23.6 Å². The van der Waals surface area contributed by atoms with Crippen LogP contribution in [0, 0.1) is 30.9 Å². The molecule has 10 heteroatoms. The normalized spacial score (nSPS) is 11.6. The zero-order valence-corrected chi connectivity index (χ0v) is 16.0. The van der Waals surface area contributed by atoms with Gasteiger partial charge in [-0.05, 0) is 38.0 Å². The van der Waals surface area contributed by atoms with Gasteiger partial charge in [-0.25, -0.2) is 4.83 Å². The van der Waals surface area contributed by atoms with Crippen LogP contribution in [-0.2, 0) is 10.0 Å². The van der Waals surface area contributed by atoms with Crippen LogP contribution in [0.5, 0.6) is 11.5 Å². The highest BCUT2D eigenvalue weighted by molar-refractivity contribution is 7.89. The number of benzene rings is 2. The molecule has 0 bridgehead atoms. The number of aromatic hydroxyl groups is 1. The molecule has 2 N–H and O–H groups in total. The van der Waals surface area contributed by atoms with Crippen molar-refractivity contribution in [3.8, 4) is 11.5 Å². The maximum absolute atomic E-state index is 12.5. The Bertz CT molecular complexity index is 1010. The van der Waals surface area contributed by atoms with Crippen molar-refractivity contribution in [1.29, 1.82) is 0 Å². The molecule has 144 valence electrons.